The van der Waals surface area contributed by atoms with E-state index in [4.69, 9.17) is 11.1 Å². The minimum absolute atomic E-state index is 0.0260. The molecule has 1 aromatic rings. The third-order valence-electron chi connectivity index (χ3n) is 5.71. The summed E-state index contributed by atoms with van der Waals surface area (Å²) in [4.78, 5) is 32.6. The fourth-order valence-electron chi connectivity index (χ4n) is 3.71. The summed E-state index contributed by atoms with van der Waals surface area (Å²) in [5, 5.41) is 23.2. The van der Waals surface area contributed by atoms with Crippen LogP contribution in [-0.4, -0.2) is 85.0 Å². The first-order chi connectivity index (χ1) is 17.5. The lowest BCUT2D eigenvalue weighted by molar-refractivity contribution is -0.136. The smallest absolute Gasteiger partial charge is 0.237 e. The molecule has 0 saturated carbocycles. The van der Waals surface area contributed by atoms with Crippen molar-refractivity contribution < 1.29 is 9.59 Å². The number of nitrogens with one attached hydrogen (secondary N) is 3. The molecule has 2 heterocycles. The van der Waals surface area contributed by atoms with Gasteiger partial charge in [-0.2, -0.15) is 17.0 Å². The number of nitriles is 1. The van der Waals surface area contributed by atoms with Gasteiger partial charge in [-0.3, -0.25) is 14.5 Å². The van der Waals surface area contributed by atoms with Crippen LogP contribution in [-0.2, 0) is 17.8 Å². The predicted octanol–water partition coefficient (Wildman–Crippen LogP) is 1.75. The van der Waals surface area contributed by atoms with Crippen LogP contribution >= 0.6 is 11.8 Å². The lowest BCUT2D eigenvalue weighted by Gasteiger charge is -2.32. The van der Waals surface area contributed by atoms with E-state index < -0.39 is 0 Å². The average Bonchev–Trinajstić information content (AvgIpc) is 2.87. The van der Waals surface area contributed by atoms with Gasteiger partial charge in [-0.25, -0.2) is 4.98 Å². The van der Waals surface area contributed by atoms with Crippen LogP contribution in [0.3, 0.4) is 0 Å². The molecular formula is C25H36N8O2S. The van der Waals surface area contributed by atoms with E-state index in [0.717, 1.165) is 36.9 Å². The highest BCUT2D eigenvalue weighted by molar-refractivity contribution is 7.98. The molecule has 1 aliphatic heterocycles. The minimum atomic E-state index is 0.0260. The van der Waals surface area contributed by atoms with E-state index in [9.17, 15) is 14.9 Å². The third-order valence-corrected chi connectivity index (χ3v) is 6.41. The number of hydrogen-bond acceptors (Lipinski definition) is 10. The van der Waals surface area contributed by atoms with Crippen molar-refractivity contribution in [3.8, 4) is 6.07 Å². The Hall–Kier alpha value is -3.20. The number of anilines is 1. The largest absolute Gasteiger partial charge is 0.384 e. The summed E-state index contributed by atoms with van der Waals surface area (Å²) < 4.78 is 0. The number of carbonyl (C=O) groups excluding carboxylic acids is 2. The number of rotatable bonds is 15. The number of aromatic nitrogens is 1. The van der Waals surface area contributed by atoms with E-state index in [1.54, 1.807) is 28.9 Å². The van der Waals surface area contributed by atoms with Gasteiger partial charge in [0.2, 0.25) is 5.91 Å². The predicted molar refractivity (Wildman–Crippen MR) is 145 cm³/mol. The first-order valence-corrected chi connectivity index (χ1v) is 13.3. The normalized spacial score (nSPS) is 14.9. The van der Waals surface area contributed by atoms with Crippen LogP contribution < -0.4 is 16.4 Å². The number of nitrogens with zero attached hydrogens (tertiary/aromatic N) is 4. The number of thioether (sulfide) groups is 1. The molecule has 1 fully saturated rings. The topological polar surface area (TPSA) is 151 Å². The van der Waals surface area contributed by atoms with Crippen LogP contribution in [0.25, 0.3) is 0 Å². The summed E-state index contributed by atoms with van der Waals surface area (Å²) in [6.45, 7) is 3.25. The Morgan fingerprint density at radius 3 is 2.81 bits per heavy atom. The van der Waals surface area contributed by atoms with E-state index in [1.807, 2.05) is 30.3 Å². The number of piperazine rings is 1. The van der Waals surface area contributed by atoms with Crippen LogP contribution in [0.4, 0.5) is 5.82 Å². The molecule has 1 saturated heterocycles. The zero-order chi connectivity index (χ0) is 26.3. The molecule has 0 unspecified atom stereocenters. The number of amides is 1. The second-order valence-corrected chi connectivity index (χ2v) is 9.42. The van der Waals surface area contributed by atoms with E-state index in [0.29, 0.717) is 62.5 Å². The maximum atomic E-state index is 12.4. The lowest BCUT2D eigenvalue weighted by Crippen LogP contribution is -2.48. The van der Waals surface area contributed by atoms with Crippen LogP contribution in [0.2, 0.25) is 0 Å². The van der Waals surface area contributed by atoms with Crippen molar-refractivity contribution in [3.63, 3.8) is 0 Å². The maximum Gasteiger partial charge on any atom is 0.237 e. The Balaban J connectivity index is 2.28. The Morgan fingerprint density at radius 2 is 2.17 bits per heavy atom. The average molecular weight is 513 g/mol. The van der Waals surface area contributed by atoms with E-state index in [1.165, 1.54) is 0 Å². The van der Waals surface area contributed by atoms with Crippen molar-refractivity contribution in [2.75, 3.05) is 57.1 Å². The molecule has 0 radical (unpaired) electrons. The van der Waals surface area contributed by atoms with Crippen LogP contribution in [0.1, 0.15) is 34.5 Å². The van der Waals surface area contributed by atoms with Crippen molar-refractivity contribution in [1.29, 1.82) is 10.7 Å². The van der Waals surface area contributed by atoms with Crippen LogP contribution in [0.5, 0.6) is 0 Å². The molecular weight excluding hydrogens is 476 g/mol. The number of pyridine rings is 1. The Kier molecular flexibility index (Phi) is 12.7. The molecule has 0 spiro atoms. The first kappa shape index (κ1) is 29.0. The molecule has 194 valence electrons. The summed E-state index contributed by atoms with van der Waals surface area (Å²) in [5.74, 6) is 1.53. The number of aryl methyl sites for hydroxylation is 1. The highest BCUT2D eigenvalue weighted by Crippen LogP contribution is 2.21. The molecule has 1 aromatic heterocycles. The van der Waals surface area contributed by atoms with E-state index in [-0.39, 0.29) is 17.2 Å². The van der Waals surface area contributed by atoms with Crippen molar-refractivity contribution >= 4 is 36.0 Å². The van der Waals surface area contributed by atoms with Gasteiger partial charge in [0, 0.05) is 44.2 Å². The van der Waals surface area contributed by atoms with Gasteiger partial charge in [-0.05, 0) is 62.6 Å². The summed E-state index contributed by atoms with van der Waals surface area (Å²) >= 11 is 1.75. The number of carbonyl (C=O) groups is 2. The number of aldehydes is 1. The third kappa shape index (κ3) is 8.78. The van der Waals surface area contributed by atoms with Crippen LogP contribution in [0.15, 0.2) is 29.6 Å². The molecule has 10 nitrogen and oxygen atoms in total. The van der Waals surface area contributed by atoms with Gasteiger partial charge in [0.05, 0.1) is 17.8 Å². The standard InChI is InChI=1S/C25H36N8O2S/c1-32-10-11-33(24(35)17-32)16-20-13-19(5-3-7-26)25(31-23(20)18-34)30-9-6-22(21(14-27)15-28)29-8-4-12-36-2/h6,9,13-14,18,27,29H,3-5,7-8,10-12,16-17,26H2,1-2H3,(H,30,31)/b9-6+,22-21-,27-14?. The van der Waals surface area contributed by atoms with E-state index in [2.05, 4.69) is 15.6 Å². The molecule has 0 aromatic carbocycles. The lowest BCUT2D eigenvalue weighted by atomic mass is 10.0. The summed E-state index contributed by atoms with van der Waals surface area (Å²) in [7, 11) is 1.91. The van der Waals surface area contributed by atoms with Gasteiger partial charge < -0.3 is 26.7 Å². The number of likely N-dealkylation sites (N-methyl/N-ethyl adjacent to an activating group) is 1. The fourth-order valence-corrected chi connectivity index (χ4v) is 4.14. The maximum absolute atomic E-state index is 12.4. The number of allylic oxidation sites excluding steroid dienone is 2. The van der Waals surface area contributed by atoms with Crippen molar-refractivity contribution in [2.24, 2.45) is 5.73 Å². The summed E-state index contributed by atoms with van der Waals surface area (Å²) in [6.07, 6.45) is 9.41. The highest BCUT2D eigenvalue weighted by Gasteiger charge is 2.23. The molecule has 11 heteroatoms. The highest BCUT2D eigenvalue weighted by atomic mass is 32.2. The molecule has 0 aliphatic carbocycles. The first-order valence-electron chi connectivity index (χ1n) is 11.9. The van der Waals surface area contributed by atoms with Gasteiger partial charge in [0.15, 0.2) is 6.29 Å². The van der Waals surface area contributed by atoms with Crippen molar-refractivity contribution in [1.82, 2.24) is 20.1 Å². The summed E-state index contributed by atoms with van der Waals surface area (Å²) in [6, 6.07) is 3.95. The summed E-state index contributed by atoms with van der Waals surface area (Å²) in [5.41, 5.74) is 8.35. The van der Waals surface area contributed by atoms with Crippen molar-refractivity contribution in [2.45, 2.75) is 25.8 Å². The Bertz CT molecular complexity index is 1020. The zero-order valence-corrected chi connectivity index (χ0v) is 21.9. The number of hydrogen-bond donors (Lipinski definition) is 4. The van der Waals surface area contributed by atoms with Gasteiger partial charge in [-0.15, -0.1) is 0 Å². The monoisotopic (exact) mass is 512 g/mol. The minimum Gasteiger partial charge on any atom is -0.384 e. The molecule has 0 bridgehead atoms. The molecule has 1 amide bonds. The molecule has 0 atom stereocenters. The SMILES string of the molecule is CSCCCNC(/C=C/Nc1nc(C=O)c(CN2CCN(C)CC2=O)cc1CCCN)=C(\C#N)C=N. The Labute approximate surface area is 217 Å². The van der Waals surface area contributed by atoms with Crippen molar-refractivity contribution in [3.05, 3.63) is 46.4 Å². The number of nitrogens with two attached hydrogens (primary N) is 1. The Morgan fingerprint density at radius 1 is 1.36 bits per heavy atom. The van der Waals surface area contributed by atoms with Gasteiger partial charge >= 0.3 is 0 Å². The van der Waals surface area contributed by atoms with Crippen LogP contribution in [0, 0.1) is 16.7 Å². The quantitative estimate of drug-likeness (QED) is 0.0905. The molecule has 1 aliphatic rings. The van der Waals surface area contributed by atoms with E-state index >= 15 is 0 Å². The molecule has 36 heavy (non-hydrogen) atoms. The van der Waals surface area contributed by atoms with Gasteiger partial charge in [0.1, 0.15) is 17.6 Å². The van der Waals surface area contributed by atoms with Gasteiger partial charge in [-0.1, -0.05) is 0 Å². The van der Waals surface area contributed by atoms with Gasteiger partial charge in [0.25, 0.3) is 0 Å². The second-order valence-electron chi connectivity index (χ2n) is 8.44. The molecule has 5 N–H and O–H groups in total. The fraction of sp³-hybridized carbons (Fsp3) is 0.480. The molecule has 2 rings (SSSR count). The second kappa shape index (κ2) is 15.7. The zero-order valence-electron chi connectivity index (χ0n) is 21.0.